The summed E-state index contributed by atoms with van der Waals surface area (Å²) in [7, 11) is 0. The number of fused-ring (bicyclic) bond motifs is 1. The Bertz CT molecular complexity index is 642. The highest BCUT2D eigenvalue weighted by molar-refractivity contribution is 7.99. The minimum Gasteiger partial charge on any atom is -0.333 e. The molecule has 2 unspecified atom stereocenters. The van der Waals surface area contributed by atoms with E-state index in [9.17, 15) is 0 Å². The van der Waals surface area contributed by atoms with Crippen LogP contribution >= 0.6 is 23.1 Å². The fourth-order valence-electron chi connectivity index (χ4n) is 2.13. The average molecular weight is 303 g/mol. The predicted octanol–water partition coefficient (Wildman–Crippen LogP) is 4.20. The first-order valence-electron chi connectivity index (χ1n) is 6.68. The van der Waals surface area contributed by atoms with E-state index in [0.717, 1.165) is 22.6 Å². The van der Waals surface area contributed by atoms with Gasteiger partial charge in [0.15, 0.2) is 5.16 Å². The second-order valence-corrected chi connectivity index (χ2v) is 6.79. The maximum Gasteiger partial charge on any atom is 0.167 e. The van der Waals surface area contributed by atoms with Crippen molar-refractivity contribution in [1.82, 2.24) is 9.97 Å². The molecule has 104 valence electrons. The minimum atomic E-state index is 0.131. The number of nitrogens with one attached hydrogen (secondary N) is 1. The van der Waals surface area contributed by atoms with Gasteiger partial charge < -0.3 is 10.7 Å². The van der Waals surface area contributed by atoms with Gasteiger partial charge in [-0.05, 0) is 30.0 Å². The summed E-state index contributed by atoms with van der Waals surface area (Å²) in [6, 6.07) is 12.5. The number of hydrogen-bond donors (Lipinski definition) is 2. The van der Waals surface area contributed by atoms with Gasteiger partial charge >= 0.3 is 0 Å². The van der Waals surface area contributed by atoms with Crippen molar-refractivity contribution < 1.29 is 0 Å². The van der Waals surface area contributed by atoms with Gasteiger partial charge in [0, 0.05) is 10.9 Å². The number of hydrogen-bond acceptors (Lipinski definition) is 4. The molecule has 0 amide bonds. The number of aromatic amines is 1. The molecule has 0 spiro atoms. The van der Waals surface area contributed by atoms with Crippen LogP contribution in [0.4, 0.5) is 0 Å². The summed E-state index contributed by atoms with van der Waals surface area (Å²) >= 11 is 3.48. The molecule has 5 heteroatoms. The highest BCUT2D eigenvalue weighted by Gasteiger charge is 2.22. The topological polar surface area (TPSA) is 54.7 Å². The Morgan fingerprint density at radius 2 is 2.15 bits per heavy atom. The van der Waals surface area contributed by atoms with E-state index in [-0.39, 0.29) is 11.3 Å². The van der Waals surface area contributed by atoms with Crippen molar-refractivity contribution in [2.45, 2.75) is 29.8 Å². The summed E-state index contributed by atoms with van der Waals surface area (Å²) in [4.78, 5) is 9.31. The third kappa shape index (κ3) is 2.75. The third-order valence-electron chi connectivity index (χ3n) is 3.29. The van der Waals surface area contributed by atoms with Crippen molar-refractivity contribution in [3.63, 3.8) is 0 Å². The number of para-hydroxylation sites is 2. The van der Waals surface area contributed by atoms with Gasteiger partial charge in [0.2, 0.25) is 0 Å². The van der Waals surface area contributed by atoms with Gasteiger partial charge in [0.05, 0.1) is 16.3 Å². The van der Waals surface area contributed by atoms with Crippen molar-refractivity contribution in [1.29, 1.82) is 0 Å². The highest BCUT2D eigenvalue weighted by atomic mass is 32.2. The molecule has 2 atom stereocenters. The molecule has 0 saturated heterocycles. The number of thiophene rings is 1. The first-order chi connectivity index (χ1) is 9.78. The van der Waals surface area contributed by atoms with E-state index in [4.69, 9.17) is 5.73 Å². The average Bonchev–Trinajstić information content (AvgIpc) is 3.12. The van der Waals surface area contributed by atoms with Gasteiger partial charge in [0.1, 0.15) is 0 Å². The van der Waals surface area contributed by atoms with Crippen molar-refractivity contribution in [3.05, 3.63) is 46.7 Å². The summed E-state index contributed by atoms with van der Waals surface area (Å²) in [6.07, 6.45) is 0.954. The van der Waals surface area contributed by atoms with E-state index >= 15 is 0 Å². The molecule has 1 aromatic carbocycles. The number of rotatable bonds is 5. The van der Waals surface area contributed by atoms with Crippen LogP contribution in [0.1, 0.15) is 23.5 Å². The first kappa shape index (κ1) is 13.7. The van der Waals surface area contributed by atoms with Gasteiger partial charge in [0.25, 0.3) is 0 Å². The molecule has 20 heavy (non-hydrogen) atoms. The van der Waals surface area contributed by atoms with Gasteiger partial charge in [-0.25, -0.2) is 4.98 Å². The molecule has 0 aliphatic heterocycles. The fraction of sp³-hybridized carbons (Fsp3) is 0.267. The minimum absolute atomic E-state index is 0.131. The zero-order valence-corrected chi connectivity index (χ0v) is 12.9. The van der Waals surface area contributed by atoms with Crippen LogP contribution in [0.15, 0.2) is 46.9 Å². The summed E-state index contributed by atoms with van der Waals surface area (Å²) in [6.45, 7) is 2.13. The lowest BCUT2D eigenvalue weighted by Crippen LogP contribution is -2.25. The van der Waals surface area contributed by atoms with Crippen LogP contribution in [-0.2, 0) is 0 Å². The highest BCUT2D eigenvalue weighted by Crippen LogP contribution is 2.39. The summed E-state index contributed by atoms with van der Waals surface area (Å²) in [5.74, 6) is 0. The number of thioether (sulfide) groups is 1. The molecule has 0 fully saturated rings. The van der Waals surface area contributed by atoms with Crippen LogP contribution in [0.2, 0.25) is 0 Å². The third-order valence-corrected chi connectivity index (χ3v) is 5.67. The molecule has 3 aromatic rings. The van der Waals surface area contributed by atoms with Crippen LogP contribution < -0.4 is 5.73 Å². The maximum absolute atomic E-state index is 6.29. The van der Waals surface area contributed by atoms with Crippen molar-refractivity contribution in [3.8, 4) is 0 Å². The summed E-state index contributed by atoms with van der Waals surface area (Å²) in [5, 5.41) is 3.29. The molecule has 0 bridgehead atoms. The lowest BCUT2D eigenvalue weighted by atomic mass is 10.1. The van der Waals surface area contributed by atoms with E-state index < -0.39 is 0 Å². The van der Waals surface area contributed by atoms with Gasteiger partial charge in [-0.2, -0.15) is 0 Å². The van der Waals surface area contributed by atoms with E-state index in [2.05, 4.69) is 34.4 Å². The molecule has 0 aliphatic rings. The zero-order valence-electron chi connectivity index (χ0n) is 11.2. The Hall–Kier alpha value is -1.30. The second-order valence-electron chi connectivity index (χ2n) is 4.69. The molecular weight excluding hydrogens is 286 g/mol. The van der Waals surface area contributed by atoms with Crippen LogP contribution in [0, 0.1) is 0 Å². The molecule has 2 heterocycles. The number of H-pyrrole nitrogens is 1. The molecule has 2 aromatic heterocycles. The Morgan fingerprint density at radius 3 is 2.85 bits per heavy atom. The first-order valence-corrected chi connectivity index (χ1v) is 8.44. The zero-order chi connectivity index (χ0) is 13.9. The Kier molecular flexibility index (Phi) is 4.10. The number of nitrogens with zero attached hydrogens (tertiary/aromatic N) is 1. The number of imidazole rings is 1. The van der Waals surface area contributed by atoms with Crippen LogP contribution in [0.3, 0.4) is 0 Å². The predicted molar refractivity (Wildman–Crippen MR) is 87.3 cm³/mol. The van der Waals surface area contributed by atoms with Crippen molar-refractivity contribution in [2.24, 2.45) is 5.73 Å². The SMILES string of the molecule is CCC(N)C(Sc1nc2ccccc2[nH]1)c1cccs1. The Morgan fingerprint density at radius 1 is 1.30 bits per heavy atom. The fourth-order valence-corrected chi connectivity index (χ4v) is 4.34. The quantitative estimate of drug-likeness (QED) is 0.695. The monoisotopic (exact) mass is 303 g/mol. The van der Waals surface area contributed by atoms with Crippen molar-refractivity contribution >= 4 is 34.1 Å². The van der Waals surface area contributed by atoms with Crippen LogP contribution in [-0.4, -0.2) is 16.0 Å². The molecule has 3 nitrogen and oxygen atoms in total. The smallest absolute Gasteiger partial charge is 0.167 e. The normalized spacial score (nSPS) is 14.5. The molecule has 3 rings (SSSR count). The van der Waals surface area contributed by atoms with Crippen molar-refractivity contribution in [2.75, 3.05) is 0 Å². The number of aromatic nitrogens is 2. The Balaban J connectivity index is 1.89. The van der Waals surface area contributed by atoms with Crippen LogP contribution in [0.5, 0.6) is 0 Å². The van der Waals surface area contributed by atoms with Gasteiger partial charge in [-0.1, -0.05) is 36.9 Å². The lowest BCUT2D eigenvalue weighted by Gasteiger charge is -2.19. The van der Waals surface area contributed by atoms with Crippen LogP contribution in [0.25, 0.3) is 11.0 Å². The molecule has 0 radical (unpaired) electrons. The summed E-state index contributed by atoms with van der Waals surface area (Å²) < 4.78 is 0. The van der Waals surface area contributed by atoms with Gasteiger partial charge in [-0.15, -0.1) is 11.3 Å². The van der Waals surface area contributed by atoms with E-state index in [1.54, 1.807) is 23.1 Å². The van der Waals surface area contributed by atoms with E-state index in [0.29, 0.717) is 0 Å². The lowest BCUT2D eigenvalue weighted by molar-refractivity contribution is 0.638. The standard InChI is InChI=1S/C15H17N3S2/c1-2-10(16)14(13-8-5-9-19-13)20-15-17-11-6-3-4-7-12(11)18-15/h3-10,14H,2,16H2,1H3,(H,17,18). The summed E-state index contributed by atoms with van der Waals surface area (Å²) in [5.41, 5.74) is 8.37. The van der Waals surface area contributed by atoms with Gasteiger partial charge in [-0.3, -0.25) is 0 Å². The van der Waals surface area contributed by atoms with E-state index in [1.165, 1.54) is 4.88 Å². The molecule has 0 aliphatic carbocycles. The maximum atomic E-state index is 6.29. The van der Waals surface area contributed by atoms with E-state index in [1.807, 2.05) is 24.3 Å². The molecule has 0 saturated carbocycles. The molecular formula is C15H17N3S2. The molecule has 3 N–H and O–H groups in total. The Labute approximate surface area is 126 Å². The second kappa shape index (κ2) is 5.99. The number of benzene rings is 1. The largest absolute Gasteiger partial charge is 0.333 e. The number of nitrogens with two attached hydrogens (primary N) is 1.